The summed E-state index contributed by atoms with van der Waals surface area (Å²) >= 11 is 3.48. The maximum atomic E-state index is 13.0. The van der Waals surface area contributed by atoms with Gasteiger partial charge in [0, 0.05) is 16.3 Å². The van der Waals surface area contributed by atoms with Crippen molar-refractivity contribution in [1.29, 1.82) is 0 Å². The molecule has 0 bridgehead atoms. The van der Waals surface area contributed by atoms with Gasteiger partial charge >= 0.3 is 0 Å². The quantitative estimate of drug-likeness (QED) is 0.503. The first kappa shape index (κ1) is 19.2. The van der Waals surface area contributed by atoms with Gasteiger partial charge in [-0.15, -0.1) is 22.7 Å². The zero-order valence-electron chi connectivity index (χ0n) is 16.5. The summed E-state index contributed by atoms with van der Waals surface area (Å²) in [5.41, 5.74) is 1.56. The number of furan rings is 1. The van der Waals surface area contributed by atoms with E-state index in [0.717, 1.165) is 13.0 Å². The molecule has 4 aromatic rings. The minimum Gasteiger partial charge on any atom is -0.444 e. The highest BCUT2D eigenvalue weighted by atomic mass is 32.1. The van der Waals surface area contributed by atoms with E-state index in [-0.39, 0.29) is 29.9 Å². The molecule has 0 aliphatic carbocycles. The predicted octanol–water partition coefficient (Wildman–Crippen LogP) is 3.84. The van der Waals surface area contributed by atoms with Gasteiger partial charge in [-0.1, -0.05) is 6.07 Å². The fraction of sp³-hybridized carbons (Fsp3) is 0.286. The summed E-state index contributed by atoms with van der Waals surface area (Å²) in [6.07, 6.45) is 0.926. The molecule has 1 unspecified atom stereocenters. The van der Waals surface area contributed by atoms with Crippen molar-refractivity contribution >= 4 is 45.2 Å². The molecule has 1 aliphatic rings. The number of thiophene rings is 2. The molecule has 1 aliphatic heterocycles. The van der Waals surface area contributed by atoms with Gasteiger partial charge in [0.25, 0.3) is 5.56 Å². The SMILES string of the molecule is Cc1n[nH]c(=O)c2c(NC(=O)CN3CCc4sccc4C3c3cccs3)oc(C)c12. The number of nitrogens with zero attached hydrogens (tertiary/aromatic N) is 2. The number of hydrogen-bond donors (Lipinski definition) is 2. The van der Waals surface area contributed by atoms with Crippen molar-refractivity contribution in [2.45, 2.75) is 26.3 Å². The van der Waals surface area contributed by atoms with Crippen LogP contribution in [0.3, 0.4) is 0 Å². The Hall–Kier alpha value is -2.75. The molecule has 9 heteroatoms. The number of H-pyrrole nitrogens is 1. The highest BCUT2D eigenvalue weighted by molar-refractivity contribution is 7.10. The van der Waals surface area contributed by atoms with Crippen LogP contribution in [0.1, 0.15) is 32.8 Å². The van der Waals surface area contributed by atoms with Crippen molar-refractivity contribution in [3.63, 3.8) is 0 Å². The van der Waals surface area contributed by atoms with Gasteiger partial charge in [0.15, 0.2) is 0 Å². The molecule has 1 amide bonds. The molecule has 0 spiro atoms. The highest BCUT2D eigenvalue weighted by Gasteiger charge is 2.32. The molecule has 0 saturated heterocycles. The van der Waals surface area contributed by atoms with E-state index >= 15 is 0 Å². The van der Waals surface area contributed by atoms with Gasteiger partial charge in [-0.2, -0.15) is 5.10 Å². The maximum absolute atomic E-state index is 13.0. The molecule has 30 heavy (non-hydrogen) atoms. The van der Waals surface area contributed by atoms with Gasteiger partial charge in [-0.05, 0) is 48.7 Å². The van der Waals surface area contributed by atoms with Crippen molar-refractivity contribution in [3.8, 4) is 0 Å². The molecular formula is C21H20N4O3S2. The Kier molecular flexibility index (Phi) is 4.80. The molecule has 5 rings (SSSR count). The average Bonchev–Trinajstić information content (AvgIpc) is 3.45. The lowest BCUT2D eigenvalue weighted by Crippen LogP contribution is -2.40. The number of carbonyl (C=O) groups is 1. The summed E-state index contributed by atoms with van der Waals surface area (Å²) < 4.78 is 5.72. The number of amides is 1. The van der Waals surface area contributed by atoms with E-state index in [1.165, 1.54) is 15.3 Å². The van der Waals surface area contributed by atoms with Crippen LogP contribution in [0.4, 0.5) is 5.88 Å². The summed E-state index contributed by atoms with van der Waals surface area (Å²) in [6, 6.07) is 6.38. The largest absolute Gasteiger partial charge is 0.444 e. The van der Waals surface area contributed by atoms with Crippen LogP contribution in [0.2, 0.25) is 0 Å². The third-order valence-corrected chi connectivity index (χ3v) is 7.40. The molecule has 0 radical (unpaired) electrons. The number of rotatable bonds is 4. The van der Waals surface area contributed by atoms with Gasteiger partial charge in [0.2, 0.25) is 11.8 Å². The number of aromatic amines is 1. The maximum Gasteiger partial charge on any atom is 0.277 e. The molecule has 5 heterocycles. The van der Waals surface area contributed by atoms with Crippen LogP contribution >= 0.6 is 22.7 Å². The predicted molar refractivity (Wildman–Crippen MR) is 118 cm³/mol. The number of fused-ring (bicyclic) bond motifs is 2. The molecule has 7 nitrogen and oxygen atoms in total. The highest BCUT2D eigenvalue weighted by Crippen LogP contribution is 2.39. The molecule has 2 N–H and O–H groups in total. The lowest BCUT2D eigenvalue weighted by atomic mass is 9.98. The summed E-state index contributed by atoms with van der Waals surface area (Å²) in [7, 11) is 0. The van der Waals surface area contributed by atoms with Crippen LogP contribution in [-0.2, 0) is 11.2 Å². The van der Waals surface area contributed by atoms with E-state index in [1.54, 1.807) is 36.5 Å². The Morgan fingerprint density at radius 1 is 1.30 bits per heavy atom. The first-order valence-corrected chi connectivity index (χ1v) is 11.4. The Labute approximate surface area is 180 Å². The Balaban J connectivity index is 1.43. The van der Waals surface area contributed by atoms with Crippen molar-refractivity contribution in [2.24, 2.45) is 0 Å². The zero-order valence-corrected chi connectivity index (χ0v) is 18.2. The van der Waals surface area contributed by atoms with E-state index in [0.29, 0.717) is 22.2 Å². The van der Waals surface area contributed by atoms with Gasteiger partial charge in [0.1, 0.15) is 11.1 Å². The smallest absolute Gasteiger partial charge is 0.277 e. The second-order valence-electron chi connectivity index (χ2n) is 7.36. The lowest BCUT2D eigenvalue weighted by molar-refractivity contribution is -0.117. The molecular weight excluding hydrogens is 420 g/mol. The van der Waals surface area contributed by atoms with Crippen molar-refractivity contribution in [1.82, 2.24) is 15.1 Å². The van der Waals surface area contributed by atoms with Crippen molar-refractivity contribution in [3.05, 3.63) is 66.1 Å². The third kappa shape index (κ3) is 3.19. The minimum atomic E-state index is -0.375. The minimum absolute atomic E-state index is 0.0654. The zero-order chi connectivity index (χ0) is 20.8. The Morgan fingerprint density at radius 3 is 2.97 bits per heavy atom. The van der Waals surface area contributed by atoms with Crippen LogP contribution < -0.4 is 10.9 Å². The third-order valence-electron chi connectivity index (χ3n) is 5.48. The van der Waals surface area contributed by atoms with Crippen LogP contribution in [0.25, 0.3) is 10.8 Å². The molecule has 0 fully saturated rings. The fourth-order valence-electron chi connectivity index (χ4n) is 4.20. The number of hydrogen-bond acceptors (Lipinski definition) is 7. The van der Waals surface area contributed by atoms with Crippen LogP contribution in [0.5, 0.6) is 0 Å². The Morgan fingerprint density at radius 2 is 2.17 bits per heavy atom. The molecule has 4 aromatic heterocycles. The monoisotopic (exact) mass is 440 g/mol. The summed E-state index contributed by atoms with van der Waals surface area (Å²) in [5.74, 6) is 0.536. The Bertz CT molecular complexity index is 1290. The van der Waals surface area contributed by atoms with E-state index in [4.69, 9.17) is 4.42 Å². The summed E-state index contributed by atoms with van der Waals surface area (Å²) in [5, 5.41) is 14.4. The number of carbonyl (C=O) groups excluding carboxylic acids is 1. The van der Waals surface area contributed by atoms with Gasteiger partial charge in [-0.3, -0.25) is 19.8 Å². The summed E-state index contributed by atoms with van der Waals surface area (Å²) in [4.78, 5) is 30.1. The topological polar surface area (TPSA) is 91.2 Å². The van der Waals surface area contributed by atoms with Gasteiger partial charge < -0.3 is 4.42 Å². The molecule has 0 saturated carbocycles. The number of nitrogens with one attached hydrogen (secondary N) is 2. The normalized spacial score (nSPS) is 16.7. The molecule has 1 atom stereocenters. The number of anilines is 1. The second-order valence-corrected chi connectivity index (χ2v) is 9.34. The van der Waals surface area contributed by atoms with Crippen LogP contribution in [0.15, 0.2) is 38.2 Å². The van der Waals surface area contributed by atoms with Crippen molar-refractivity contribution in [2.75, 3.05) is 18.4 Å². The fourth-order valence-corrected chi connectivity index (χ4v) is 5.98. The number of aromatic nitrogens is 2. The standard InChI is InChI=1S/C21H20N4O3S2/c1-11-17-12(2)28-21(18(17)20(27)24-23-11)22-16(26)10-25-7-5-14-13(6-9-30-14)19(25)15-4-3-8-29-15/h3-4,6,8-9,19H,5,7,10H2,1-2H3,(H,22,26)(H,24,27). The first-order valence-electron chi connectivity index (χ1n) is 9.65. The summed E-state index contributed by atoms with van der Waals surface area (Å²) in [6.45, 7) is 4.57. The van der Waals surface area contributed by atoms with E-state index in [9.17, 15) is 9.59 Å². The van der Waals surface area contributed by atoms with Gasteiger partial charge in [0.05, 0.1) is 23.7 Å². The van der Waals surface area contributed by atoms with E-state index < -0.39 is 0 Å². The van der Waals surface area contributed by atoms with E-state index in [1.807, 2.05) is 6.07 Å². The lowest BCUT2D eigenvalue weighted by Gasteiger charge is -2.34. The molecule has 154 valence electrons. The van der Waals surface area contributed by atoms with Crippen LogP contribution in [-0.4, -0.2) is 34.1 Å². The van der Waals surface area contributed by atoms with Crippen molar-refractivity contribution < 1.29 is 9.21 Å². The second kappa shape index (κ2) is 7.50. The average molecular weight is 441 g/mol. The molecule has 0 aromatic carbocycles. The first-order chi connectivity index (χ1) is 14.5. The van der Waals surface area contributed by atoms with E-state index in [2.05, 4.69) is 43.3 Å². The number of aryl methyl sites for hydroxylation is 2. The van der Waals surface area contributed by atoms with Crippen LogP contribution in [0, 0.1) is 13.8 Å². The van der Waals surface area contributed by atoms with Gasteiger partial charge in [-0.25, -0.2) is 5.10 Å².